The summed E-state index contributed by atoms with van der Waals surface area (Å²) in [4.78, 5) is 70.5. The monoisotopic (exact) mass is 734 g/mol. The summed E-state index contributed by atoms with van der Waals surface area (Å²) in [5.74, 6) is -8.88. The number of nitrogens with zero attached hydrogens (tertiary/aromatic N) is 2. The van der Waals surface area contributed by atoms with Gasteiger partial charge in [-0.3, -0.25) is 29.3 Å². The first kappa shape index (κ1) is 34.7. The molecule has 0 bridgehead atoms. The minimum Gasteiger partial charge on any atom is -0.508 e. The Labute approximate surface area is 305 Å². The van der Waals surface area contributed by atoms with E-state index in [2.05, 4.69) is 4.74 Å². The fraction of sp³-hybridized carbons (Fsp3) is 0.220. The molecule has 4 aromatic rings. The molecule has 0 spiro atoms. The van der Waals surface area contributed by atoms with Crippen molar-refractivity contribution in [3.63, 3.8) is 0 Å². The lowest BCUT2D eigenvalue weighted by molar-refractivity contribution is -0.384. The van der Waals surface area contributed by atoms with Crippen LogP contribution in [0.1, 0.15) is 35.4 Å². The predicted octanol–water partition coefficient (Wildman–Crippen LogP) is 7.23. The summed E-state index contributed by atoms with van der Waals surface area (Å²) in [5, 5.41) is 23.1. The van der Waals surface area contributed by atoms with E-state index in [-0.39, 0.29) is 35.4 Å². The van der Waals surface area contributed by atoms with E-state index in [9.17, 15) is 42.8 Å². The summed E-state index contributed by atoms with van der Waals surface area (Å²) in [6.45, 7) is 0. The molecule has 8 rings (SSSR count). The minimum atomic E-state index is -5.10. The molecule has 272 valence electrons. The number of alkyl halides is 3. The second-order valence-electron chi connectivity index (χ2n) is 13.8. The molecular weight excluding hydrogens is 705 g/mol. The molecule has 6 unspecified atom stereocenters. The highest BCUT2D eigenvalue weighted by atomic mass is 19.4. The zero-order chi connectivity index (χ0) is 38.1. The first-order valence-electron chi connectivity index (χ1n) is 17.1. The highest BCUT2D eigenvalue weighted by molar-refractivity contribution is 6.32. The van der Waals surface area contributed by atoms with Gasteiger partial charge in [0.15, 0.2) is 11.6 Å². The van der Waals surface area contributed by atoms with Crippen molar-refractivity contribution in [1.82, 2.24) is 0 Å². The van der Waals surface area contributed by atoms with Crippen LogP contribution >= 0.6 is 0 Å². The first-order valence-corrected chi connectivity index (χ1v) is 17.1. The van der Waals surface area contributed by atoms with Crippen LogP contribution in [0.15, 0.2) is 121 Å². The number of allylic oxidation sites excluding steroid dienone is 4. The summed E-state index contributed by atoms with van der Waals surface area (Å²) in [7, 11) is 0. The summed E-state index contributed by atoms with van der Waals surface area (Å²) < 4.78 is 45.0. The van der Waals surface area contributed by atoms with Gasteiger partial charge in [0.2, 0.25) is 11.8 Å². The SMILES string of the molecule is O=C1C(c2ccccc2)=CC(=O)C2(c3ccccc3)C1CC1C(=CCC3C(=O)N(c4cccc([N+](=O)[O-])c4)C(=O)C31)C2c1cc(OC(F)(F)F)ccc1O. The van der Waals surface area contributed by atoms with Crippen LogP contribution < -0.4 is 9.64 Å². The lowest BCUT2D eigenvalue weighted by atomic mass is 9.44. The van der Waals surface area contributed by atoms with E-state index in [1.54, 1.807) is 66.7 Å². The average molecular weight is 735 g/mol. The number of benzene rings is 4. The van der Waals surface area contributed by atoms with Crippen LogP contribution in [0, 0.1) is 33.8 Å². The zero-order valence-electron chi connectivity index (χ0n) is 28.1. The number of rotatable bonds is 6. The Balaban J connectivity index is 1.36. The molecule has 6 atom stereocenters. The van der Waals surface area contributed by atoms with E-state index >= 15 is 4.79 Å². The molecule has 2 amide bonds. The van der Waals surface area contributed by atoms with Crippen LogP contribution in [-0.4, -0.2) is 39.8 Å². The van der Waals surface area contributed by atoms with Crippen molar-refractivity contribution in [2.75, 3.05) is 4.90 Å². The van der Waals surface area contributed by atoms with Gasteiger partial charge in [-0.1, -0.05) is 78.4 Å². The number of phenolic OH excluding ortho intramolecular Hbond substituents is 1. The number of hydrogen-bond acceptors (Lipinski definition) is 8. The molecule has 0 aromatic heterocycles. The van der Waals surface area contributed by atoms with Crippen molar-refractivity contribution in [3.8, 4) is 11.5 Å². The smallest absolute Gasteiger partial charge is 0.508 e. The van der Waals surface area contributed by atoms with Crippen LogP contribution in [0.4, 0.5) is 24.5 Å². The molecule has 2 fully saturated rings. The number of non-ortho nitro benzene ring substituents is 1. The Morgan fingerprint density at radius 2 is 1.56 bits per heavy atom. The number of ether oxygens (including phenoxy) is 1. The lowest BCUT2D eigenvalue weighted by Gasteiger charge is -2.55. The number of nitro benzene ring substituents is 1. The number of phenols is 1. The minimum absolute atomic E-state index is 0.00555. The largest absolute Gasteiger partial charge is 0.573 e. The molecule has 1 saturated carbocycles. The van der Waals surface area contributed by atoms with E-state index in [4.69, 9.17) is 0 Å². The molecule has 4 aromatic carbocycles. The Bertz CT molecular complexity index is 2320. The predicted molar refractivity (Wildman–Crippen MR) is 187 cm³/mol. The fourth-order valence-corrected chi connectivity index (χ4v) is 9.18. The molecular formula is C41H29F3N2O8. The molecule has 10 nitrogen and oxygen atoms in total. The topological polar surface area (TPSA) is 144 Å². The van der Waals surface area contributed by atoms with Crippen molar-refractivity contribution in [1.29, 1.82) is 0 Å². The fourth-order valence-electron chi connectivity index (χ4n) is 9.18. The molecule has 54 heavy (non-hydrogen) atoms. The number of ketones is 2. The number of halogens is 3. The normalized spacial score (nSPS) is 26.4. The van der Waals surface area contributed by atoms with Gasteiger partial charge in [0.25, 0.3) is 5.69 Å². The Hall–Kier alpha value is -6.37. The van der Waals surface area contributed by atoms with E-state index in [0.29, 0.717) is 16.7 Å². The molecule has 0 radical (unpaired) electrons. The highest BCUT2D eigenvalue weighted by Gasteiger charge is 2.66. The second-order valence-corrected chi connectivity index (χ2v) is 13.8. The molecule has 1 aliphatic heterocycles. The Morgan fingerprint density at radius 1 is 0.852 bits per heavy atom. The van der Waals surface area contributed by atoms with Crippen LogP contribution in [0.3, 0.4) is 0 Å². The van der Waals surface area contributed by atoms with Crippen molar-refractivity contribution in [3.05, 3.63) is 148 Å². The molecule has 1 N–H and O–H groups in total. The summed E-state index contributed by atoms with van der Waals surface area (Å²) in [5.41, 5.74) is -0.946. The van der Waals surface area contributed by atoms with E-state index < -0.39 is 81.2 Å². The number of amides is 2. The highest BCUT2D eigenvalue weighted by Crippen LogP contribution is 2.64. The Kier molecular flexibility index (Phi) is 8.12. The van der Waals surface area contributed by atoms with Crippen LogP contribution in [-0.2, 0) is 24.6 Å². The maximum absolute atomic E-state index is 15.1. The van der Waals surface area contributed by atoms with Gasteiger partial charge in [-0.15, -0.1) is 13.2 Å². The molecule has 13 heteroatoms. The maximum atomic E-state index is 15.1. The van der Waals surface area contributed by atoms with Crippen LogP contribution in [0.2, 0.25) is 0 Å². The number of carbonyl (C=O) groups is 4. The van der Waals surface area contributed by atoms with Gasteiger partial charge < -0.3 is 9.84 Å². The second kappa shape index (κ2) is 12.6. The van der Waals surface area contributed by atoms with Crippen molar-refractivity contribution in [2.24, 2.45) is 23.7 Å². The van der Waals surface area contributed by atoms with E-state index in [0.717, 1.165) is 29.2 Å². The standard InChI is InChI=1S/C41H29F3N2O8/c42-41(43,44)54-26-14-17-33(47)31(19-26)36-27-15-16-28-35(39(51)45(38(28)50)24-12-7-13-25(18-24)46(52)53)30(27)20-32-37(49)29(22-8-3-1-4-9-22)21-34(48)40(32,36)23-10-5-2-6-11-23/h1-15,17-19,21,28,30,32,35-36,47H,16,20H2. The summed E-state index contributed by atoms with van der Waals surface area (Å²) in [6.07, 6.45) is -2.29. The van der Waals surface area contributed by atoms with E-state index in [1.165, 1.54) is 24.3 Å². The molecule has 1 heterocycles. The van der Waals surface area contributed by atoms with Gasteiger partial charge >= 0.3 is 6.36 Å². The lowest BCUT2D eigenvalue weighted by Crippen LogP contribution is -2.58. The quantitative estimate of drug-likeness (QED) is 0.0946. The van der Waals surface area contributed by atoms with Crippen molar-refractivity contribution < 1.29 is 47.1 Å². The van der Waals surface area contributed by atoms with E-state index in [1.807, 2.05) is 0 Å². The number of anilines is 1. The van der Waals surface area contributed by atoms with Crippen LogP contribution in [0.25, 0.3) is 5.57 Å². The first-order chi connectivity index (χ1) is 25.8. The van der Waals surface area contributed by atoms with Crippen LogP contribution in [0.5, 0.6) is 11.5 Å². The summed E-state index contributed by atoms with van der Waals surface area (Å²) >= 11 is 0. The van der Waals surface area contributed by atoms with Crippen molar-refractivity contribution >= 4 is 40.3 Å². The van der Waals surface area contributed by atoms with Gasteiger partial charge in [0.1, 0.15) is 11.5 Å². The molecule has 3 aliphatic carbocycles. The van der Waals surface area contributed by atoms with Gasteiger partial charge in [0.05, 0.1) is 27.9 Å². The summed E-state index contributed by atoms with van der Waals surface area (Å²) in [6, 6.07) is 24.9. The number of nitro groups is 1. The third-order valence-corrected chi connectivity index (χ3v) is 11.2. The zero-order valence-corrected chi connectivity index (χ0v) is 28.1. The third kappa shape index (κ3) is 5.33. The molecule has 1 saturated heterocycles. The number of fused-ring (bicyclic) bond motifs is 4. The average Bonchev–Trinajstić information content (AvgIpc) is 3.42. The maximum Gasteiger partial charge on any atom is 0.573 e. The number of hydrogen-bond donors (Lipinski definition) is 1. The van der Waals surface area contributed by atoms with Gasteiger partial charge in [-0.25, -0.2) is 4.90 Å². The number of imide groups is 1. The van der Waals surface area contributed by atoms with Gasteiger partial charge in [0, 0.05) is 35.1 Å². The number of aromatic hydroxyl groups is 1. The molecule has 4 aliphatic rings. The number of carbonyl (C=O) groups excluding carboxylic acids is 4. The van der Waals surface area contributed by atoms with Gasteiger partial charge in [-0.2, -0.15) is 0 Å². The third-order valence-electron chi connectivity index (χ3n) is 11.2. The Morgan fingerprint density at radius 3 is 2.24 bits per heavy atom. The van der Waals surface area contributed by atoms with Gasteiger partial charge in [-0.05, 0) is 60.2 Å². The van der Waals surface area contributed by atoms with Crippen molar-refractivity contribution in [2.45, 2.75) is 30.5 Å². The number of Topliss-reactive ketones (excluding diaryl/α,β-unsaturated/α-hetero) is 1.